The topological polar surface area (TPSA) is 67.8 Å². The van der Waals surface area contributed by atoms with Gasteiger partial charge in [0, 0.05) is 18.9 Å². The third-order valence-electron chi connectivity index (χ3n) is 2.14. The van der Waals surface area contributed by atoms with Gasteiger partial charge < -0.3 is 5.32 Å². The Kier molecular flexibility index (Phi) is 3.62. The van der Waals surface area contributed by atoms with Crippen LogP contribution in [0.25, 0.3) is 0 Å². The van der Waals surface area contributed by atoms with E-state index in [0.717, 1.165) is 5.56 Å². The van der Waals surface area contributed by atoms with Crippen molar-refractivity contribution in [3.05, 3.63) is 47.1 Å². The molecule has 0 atom stereocenters. The molecule has 0 fully saturated rings. The van der Waals surface area contributed by atoms with Gasteiger partial charge in [-0.25, -0.2) is 9.97 Å². The molecule has 86 valence electrons. The van der Waals surface area contributed by atoms with Crippen molar-refractivity contribution in [2.24, 2.45) is 0 Å². The van der Waals surface area contributed by atoms with Crippen LogP contribution < -0.4 is 5.32 Å². The van der Waals surface area contributed by atoms with Gasteiger partial charge in [0.05, 0.1) is 5.56 Å². The molecule has 6 heteroatoms. The number of aromatic nitrogens is 3. The lowest BCUT2D eigenvalue weighted by Crippen LogP contribution is -2.05. The summed E-state index contributed by atoms with van der Waals surface area (Å²) in [6.07, 6.45) is 5.37. The second-order valence-electron chi connectivity index (χ2n) is 3.26. The average molecular weight is 249 g/mol. The first-order valence-electron chi connectivity index (χ1n) is 4.89. The van der Waals surface area contributed by atoms with E-state index in [1.54, 1.807) is 12.4 Å². The van der Waals surface area contributed by atoms with Crippen LogP contribution in [0.4, 0.5) is 5.82 Å². The minimum Gasteiger partial charge on any atom is -0.365 e. The predicted octanol–water partition coefficient (Wildman–Crippen LogP) is 1.95. The maximum absolute atomic E-state index is 10.8. The second-order valence-corrected chi connectivity index (χ2v) is 3.62. The molecule has 0 aliphatic heterocycles. The maximum atomic E-state index is 10.8. The van der Waals surface area contributed by atoms with E-state index in [2.05, 4.69) is 20.3 Å². The van der Waals surface area contributed by atoms with E-state index in [4.69, 9.17) is 11.6 Å². The van der Waals surface area contributed by atoms with Crippen molar-refractivity contribution in [3.8, 4) is 0 Å². The Balaban J connectivity index is 2.14. The number of halogens is 1. The zero-order valence-electron chi connectivity index (χ0n) is 8.80. The lowest BCUT2D eigenvalue weighted by molar-refractivity contribution is 0.112. The van der Waals surface area contributed by atoms with Crippen LogP contribution in [-0.2, 0) is 6.54 Å². The number of aldehydes is 1. The van der Waals surface area contributed by atoms with Crippen molar-refractivity contribution in [2.45, 2.75) is 6.54 Å². The molecule has 2 heterocycles. The van der Waals surface area contributed by atoms with Gasteiger partial charge >= 0.3 is 0 Å². The van der Waals surface area contributed by atoms with Gasteiger partial charge in [-0.05, 0) is 11.6 Å². The molecule has 0 saturated heterocycles. The van der Waals surface area contributed by atoms with Gasteiger partial charge in [-0.1, -0.05) is 17.7 Å². The smallest absolute Gasteiger partial charge is 0.156 e. The zero-order valence-corrected chi connectivity index (χ0v) is 9.55. The Hall–Kier alpha value is -2.01. The van der Waals surface area contributed by atoms with Crippen LogP contribution in [0, 0.1) is 0 Å². The molecule has 5 nitrogen and oxygen atoms in total. The third kappa shape index (κ3) is 2.76. The summed E-state index contributed by atoms with van der Waals surface area (Å²) in [4.78, 5) is 22.5. The Morgan fingerprint density at radius 3 is 3.00 bits per heavy atom. The first kappa shape index (κ1) is 11.5. The lowest BCUT2D eigenvalue weighted by Gasteiger charge is -2.07. The summed E-state index contributed by atoms with van der Waals surface area (Å²) < 4.78 is 0. The van der Waals surface area contributed by atoms with Crippen molar-refractivity contribution in [2.75, 3.05) is 5.32 Å². The molecule has 17 heavy (non-hydrogen) atoms. The fourth-order valence-corrected chi connectivity index (χ4v) is 1.49. The minimum absolute atomic E-state index is 0.142. The normalized spacial score (nSPS) is 9.94. The van der Waals surface area contributed by atoms with Crippen LogP contribution in [0.15, 0.2) is 30.9 Å². The molecule has 2 aromatic rings. The average Bonchev–Trinajstić information content (AvgIpc) is 2.37. The monoisotopic (exact) mass is 248 g/mol. The molecule has 0 saturated carbocycles. The van der Waals surface area contributed by atoms with Crippen molar-refractivity contribution >= 4 is 23.7 Å². The van der Waals surface area contributed by atoms with Crippen LogP contribution in [-0.4, -0.2) is 21.2 Å². The Morgan fingerprint density at radius 1 is 1.41 bits per heavy atom. The standard InChI is InChI=1S/C11H9ClN4O/c12-10-9(6-17)11(16-7-15-10)14-5-8-2-1-3-13-4-8/h1-4,6-7H,5H2,(H,14,15,16). The van der Waals surface area contributed by atoms with Gasteiger partial charge in [0.2, 0.25) is 0 Å². The highest BCUT2D eigenvalue weighted by molar-refractivity contribution is 6.32. The van der Waals surface area contributed by atoms with Gasteiger partial charge in [0.15, 0.2) is 6.29 Å². The van der Waals surface area contributed by atoms with Crippen LogP contribution in [0.5, 0.6) is 0 Å². The number of pyridine rings is 1. The van der Waals surface area contributed by atoms with E-state index in [-0.39, 0.29) is 10.7 Å². The van der Waals surface area contributed by atoms with Gasteiger partial charge in [0.25, 0.3) is 0 Å². The maximum Gasteiger partial charge on any atom is 0.156 e. The van der Waals surface area contributed by atoms with E-state index < -0.39 is 0 Å². The lowest BCUT2D eigenvalue weighted by atomic mass is 10.2. The number of hydrogen-bond donors (Lipinski definition) is 1. The van der Waals surface area contributed by atoms with E-state index in [9.17, 15) is 4.79 Å². The second kappa shape index (κ2) is 5.36. The van der Waals surface area contributed by atoms with Crippen molar-refractivity contribution in [3.63, 3.8) is 0 Å². The Bertz CT molecular complexity index is 518. The highest BCUT2D eigenvalue weighted by atomic mass is 35.5. The van der Waals surface area contributed by atoms with Crippen LogP contribution in [0.3, 0.4) is 0 Å². The molecule has 1 N–H and O–H groups in total. The molecule has 0 spiro atoms. The number of rotatable bonds is 4. The molecule has 0 aromatic carbocycles. The summed E-state index contributed by atoms with van der Waals surface area (Å²) in [6.45, 7) is 0.516. The molecule has 0 aliphatic rings. The number of nitrogens with zero attached hydrogens (tertiary/aromatic N) is 3. The van der Waals surface area contributed by atoms with E-state index in [1.165, 1.54) is 6.33 Å². The molecule has 2 aromatic heterocycles. The Labute approximate surface area is 103 Å². The summed E-state index contributed by atoms with van der Waals surface area (Å²) in [5.41, 5.74) is 1.25. The number of hydrogen-bond acceptors (Lipinski definition) is 5. The van der Waals surface area contributed by atoms with Gasteiger partial charge in [-0.15, -0.1) is 0 Å². The molecule has 0 amide bonds. The van der Waals surface area contributed by atoms with E-state index in [0.29, 0.717) is 18.6 Å². The van der Waals surface area contributed by atoms with Crippen molar-refractivity contribution in [1.82, 2.24) is 15.0 Å². The fourth-order valence-electron chi connectivity index (χ4n) is 1.31. The summed E-state index contributed by atoms with van der Waals surface area (Å²) >= 11 is 5.78. The Morgan fingerprint density at radius 2 is 2.29 bits per heavy atom. The van der Waals surface area contributed by atoms with Crippen LogP contribution in [0.1, 0.15) is 15.9 Å². The van der Waals surface area contributed by atoms with Gasteiger partial charge in [0.1, 0.15) is 17.3 Å². The summed E-state index contributed by atoms with van der Waals surface area (Å²) in [6, 6.07) is 3.76. The summed E-state index contributed by atoms with van der Waals surface area (Å²) in [5, 5.41) is 3.16. The summed E-state index contributed by atoms with van der Waals surface area (Å²) in [7, 11) is 0. The third-order valence-corrected chi connectivity index (χ3v) is 2.44. The molecular weight excluding hydrogens is 240 g/mol. The zero-order chi connectivity index (χ0) is 12.1. The molecule has 2 rings (SSSR count). The van der Waals surface area contributed by atoms with Crippen molar-refractivity contribution < 1.29 is 4.79 Å². The number of nitrogens with one attached hydrogen (secondary N) is 1. The molecule has 0 aliphatic carbocycles. The molecule has 0 bridgehead atoms. The van der Waals surface area contributed by atoms with Crippen LogP contribution >= 0.6 is 11.6 Å². The number of anilines is 1. The highest BCUT2D eigenvalue weighted by Gasteiger charge is 2.08. The SMILES string of the molecule is O=Cc1c(Cl)ncnc1NCc1cccnc1. The van der Waals surface area contributed by atoms with Gasteiger partial charge in [-0.2, -0.15) is 0 Å². The fraction of sp³-hybridized carbons (Fsp3) is 0.0909. The van der Waals surface area contributed by atoms with Crippen LogP contribution in [0.2, 0.25) is 5.15 Å². The predicted molar refractivity (Wildman–Crippen MR) is 64.0 cm³/mol. The number of carbonyl (C=O) groups is 1. The van der Waals surface area contributed by atoms with Gasteiger partial charge in [-0.3, -0.25) is 9.78 Å². The number of carbonyl (C=O) groups excluding carboxylic acids is 1. The molecular formula is C11H9ClN4O. The first-order valence-corrected chi connectivity index (χ1v) is 5.27. The van der Waals surface area contributed by atoms with E-state index in [1.807, 2.05) is 12.1 Å². The first-order chi connectivity index (χ1) is 8.31. The highest BCUT2D eigenvalue weighted by Crippen LogP contribution is 2.17. The molecule has 0 radical (unpaired) electrons. The largest absolute Gasteiger partial charge is 0.365 e. The van der Waals surface area contributed by atoms with Crippen molar-refractivity contribution in [1.29, 1.82) is 0 Å². The quantitative estimate of drug-likeness (QED) is 0.662. The minimum atomic E-state index is 0.142. The van der Waals surface area contributed by atoms with E-state index >= 15 is 0 Å². The summed E-state index contributed by atoms with van der Waals surface area (Å²) in [5.74, 6) is 0.420. The molecule has 0 unspecified atom stereocenters.